The number of para-hydroxylation sites is 2. The lowest BCUT2D eigenvalue weighted by Gasteiger charge is -2.42. The van der Waals surface area contributed by atoms with Crippen LogP contribution in [-0.2, 0) is 14.4 Å². The fraction of sp³-hybridized carbons (Fsp3) is 0.424. The lowest BCUT2D eigenvalue weighted by atomic mass is 9.65. The first-order chi connectivity index (χ1) is 20.3. The minimum Gasteiger partial charge on any atom is -0.394 e. The summed E-state index contributed by atoms with van der Waals surface area (Å²) < 4.78 is -0.834. The Morgan fingerprint density at radius 1 is 1.10 bits per heavy atom. The standard InChI is InChI=1S/C33H38ClN3O4S/c1-5-17-35(23-13-9-8-10-14-23)30(39)27-26-19-21(4)33(42-26)28(27)31(40)37(22(7-3)20-38)29(33)32(41)36(18-6-2)25-16-12-11-15-24(25)34/h5-6,8-16,21-22,26-29,38H,1-2,7,17-20H2,3-4H3/t21?,22-,26-,27+,28-,29?,33?/m0/s1. The van der Waals surface area contributed by atoms with E-state index in [1.54, 1.807) is 56.8 Å². The van der Waals surface area contributed by atoms with E-state index in [2.05, 4.69) is 20.1 Å². The number of nitrogens with zero attached hydrogens (tertiary/aromatic N) is 3. The van der Waals surface area contributed by atoms with Gasteiger partial charge in [0.15, 0.2) is 0 Å². The minimum atomic E-state index is -0.879. The van der Waals surface area contributed by atoms with Crippen molar-refractivity contribution in [3.63, 3.8) is 0 Å². The summed E-state index contributed by atoms with van der Waals surface area (Å²) in [6.07, 6.45) is 4.51. The van der Waals surface area contributed by atoms with Crippen molar-refractivity contribution >= 4 is 52.5 Å². The number of carbonyl (C=O) groups excluding carboxylic acids is 3. The Labute approximate surface area is 257 Å². The Morgan fingerprint density at radius 3 is 2.36 bits per heavy atom. The Balaban J connectivity index is 1.63. The van der Waals surface area contributed by atoms with Crippen molar-refractivity contribution in [3.8, 4) is 0 Å². The molecule has 5 rings (SSSR count). The first-order valence-electron chi connectivity index (χ1n) is 14.5. The molecule has 3 amide bonds. The summed E-state index contributed by atoms with van der Waals surface area (Å²) in [6, 6.07) is 15.1. The highest BCUT2D eigenvalue weighted by atomic mass is 35.5. The zero-order valence-corrected chi connectivity index (χ0v) is 25.6. The molecule has 7 nitrogen and oxygen atoms in total. The molecule has 3 saturated heterocycles. The number of fused-ring (bicyclic) bond motifs is 1. The van der Waals surface area contributed by atoms with E-state index in [4.69, 9.17) is 11.6 Å². The topological polar surface area (TPSA) is 81.2 Å². The monoisotopic (exact) mass is 607 g/mol. The predicted octanol–water partition coefficient (Wildman–Crippen LogP) is 5.19. The molecule has 2 bridgehead atoms. The second-order valence-electron chi connectivity index (χ2n) is 11.3. The molecule has 222 valence electrons. The van der Waals surface area contributed by atoms with Crippen LogP contribution in [0.4, 0.5) is 11.4 Å². The largest absolute Gasteiger partial charge is 0.394 e. The van der Waals surface area contributed by atoms with Crippen molar-refractivity contribution in [2.75, 3.05) is 29.5 Å². The number of hydrogen-bond acceptors (Lipinski definition) is 5. The van der Waals surface area contributed by atoms with Crippen LogP contribution >= 0.6 is 23.4 Å². The van der Waals surface area contributed by atoms with Crippen LogP contribution in [0.15, 0.2) is 79.9 Å². The molecule has 3 unspecified atom stereocenters. The predicted molar refractivity (Wildman–Crippen MR) is 170 cm³/mol. The van der Waals surface area contributed by atoms with E-state index in [0.717, 1.165) is 5.69 Å². The second kappa shape index (κ2) is 12.3. The third-order valence-corrected chi connectivity index (χ3v) is 11.5. The number of carbonyl (C=O) groups is 3. The van der Waals surface area contributed by atoms with Gasteiger partial charge in [0.05, 0.1) is 39.9 Å². The fourth-order valence-corrected chi connectivity index (χ4v) is 9.96. The number of halogens is 1. The van der Waals surface area contributed by atoms with Gasteiger partial charge in [-0.2, -0.15) is 0 Å². The van der Waals surface area contributed by atoms with Gasteiger partial charge in [-0.1, -0.05) is 67.9 Å². The summed E-state index contributed by atoms with van der Waals surface area (Å²) in [6.45, 7) is 11.9. The Bertz CT molecular complexity index is 1370. The average molecular weight is 608 g/mol. The molecule has 2 aromatic carbocycles. The Morgan fingerprint density at radius 2 is 1.74 bits per heavy atom. The van der Waals surface area contributed by atoms with E-state index >= 15 is 0 Å². The third kappa shape index (κ3) is 4.68. The van der Waals surface area contributed by atoms with E-state index in [1.807, 2.05) is 43.3 Å². The number of amides is 3. The van der Waals surface area contributed by atoms with Gasteiger partial charge in [0.2, 0.25) is 11.8 Å². The fourth-order valence-electron chi connectivity index (χ4n) is 7.32. The van der Waals surface area contributed by atoms with Crippen molar-refractivity contribution in [1.29, 1.82) is 0 Å². The maximum Gasteiger partial charge on any atom is 0.251 e. The molecule has 3 heterocycles. The zero-order chi connectivity index (χ0) is 30.2. The first-order valence-corrected chi connectivity index (χ1v) is 15.8. The molecule has 3 fully saturated rings. The minimum absolute atomic E-state index is 0.0120. The molecular formula is C33H38ClN3O4S. The number of anilines is 2. The van der Waals surface area contributed by atoms with Crippen LogP contribution in [0.5, 0.6) is 0 Å². The van der Waals surface area contributed by atoms with E-state index in [-0.39, 0.29) is 42.0 Å². The van der Waals surface area contributed by atoms with Gasteiger partial charge in [-0.15, -0.1) is 24.9 Å². The number of rotatable bonds is 11. The second-order valence-corrected chi connectivity index (χ2v) is 13.3. The van der Waals surface area contributed by atoms with Crippen LogP contribution < -0.4 is 9.80 Å². The number of aliphatic hydroxyl groups excluding tert-OH is 1. The van der Waals surface area contributed by atoms with Crippen LogP contribution in [0.2, 0.25) is 5.02 Å². The molecular weight excluding hydrogens is 570 g/mol. The first kappa shape index (κ1) is 30.4. The number of benzene rings is 2. The molecule has 1 spiro atoms. The normalized spacial score (nSPS) is 28.3. The van der Waals surface area contributed by atoms with Gasteiger partial charge >= 0.3 is 0 Å². The molecule has 0 aromatic heterocycles. The lowest BCUT2D eigenvalue weighted by molar-refractivity contribution is -0.142. The van der Waals surface area contributed by atoms with Crippen molar-refractivity contribution in [3.05, 3.63) is 84.9 Å². The van der Waals surface area contributed by atoms with E-state index in [9.17, 15) is 19.5 Å². The van der Waals surface area contributed by atoms with Gasteiger partial charge < -0.3 is 19.8 Å². The van der Waals surface area contributed by atoms with Crippen molar-refractivity contribution in [2.45, 2.75) is 48.8 Å². The van der Waals surface area contributed by atoms with Crippen LogP contribution in [-0.4, -0.2) is 69.5 Å². The lowest BCUT2D eigenvalue weighted by Crippen LogP contribution is -2.59. The average Bonchev–Trinajstić information content (AvgIpc) is 3.59. The molecule has 42 heavy (non-hydrogen) atoms. The van der Waals surface area contributed by atoms with Gasteiger partial charge in [-0.3, -0.25) is 14.4 Å². The summed E-state index contributed by atoms with van der Waals surface area (Å²) >= 11 is 8.20. The summed E-state index contributed by atoms with van der Waals surface area (Å²) in [7, 11) is 0. The van der Waals surface area contributed by atoms with Crippen molar-refractivity contribution < 1.29 is 19.5 Å². The van der Waals surface area contributed by atoms with Gasteiger partial charge in [0.25, 0.3) is 5.91 Å². The summed E-state index contributed by atoms with van der Waals surface area (Å²) in [5.74, 6) is -1.97. The van der Waals surface area contributed by atoms with Gasteiger partial charge in [-0.25, -0.2) is 0 Å². The molecule has 2 aromatic rings. The van der Waals surface area contributed by atoms with Crippen LogP contribution in [0.25, 0.3) is 0 Å². The highest BCUT2D eigenvalue weighted by Gasteiger charge is 2.77. The SMILES string of the molecule is C=CCN(C(=O)[C@@H]1[C@@H]2CC(C)C3(S2)C(C(=O)N(CC=C)c2ccccc2Cl)N([C@@H](CC)CO)C(=O)[C@H]13)c1ccccc1. The maximum absolute atomic E-state index is 14.8. The quantitative estimate of drug-likeness (QED) is 0.356. The summed E-state index contributed by atoms with van der Waals surface area (Å²) in [5, 5.41) is 10.7. The van der Waals surface area contributed by atoms with E-state index in [0.29, 0.717) is 30.1 Å². The van der Waals surface area contributed by atoms with Gasteiger partial charge in [0, 0.05) is 24.0 Å². The van der Waals surface area contributed by atoms with Crippen LogP contribution in [0.3, 0.4) is 0 Å². The van der Waals surface area contributed by atoms with Gasteiger partial charge in [-0.05, 0) is 43.0 Å². The Kier molecular flexibility index (Phi) is 8.88. The smallest absolute Gasteiger partial charge is 0.251 e. The molecule has 9 heteroatoms. The summed E-state index contributed by atoms with van der Waals surface area (Å²) in [5.41, 5.74) is 1.28. The maximum atomic E-state index is 14.8. The molecule has 0 saturated carbocycles. The molecule has 0 aliphatic carbocycles. The number of thioether (sulfide) groups is 1. The molecule has 0 radical (unpaired) electrons. The number of aliphatic hydroxyl groups is 1. The molecule has 3 aliphatic heterocycles. The summed E-state index contributed by atoms with van der Waals surface area (Å²) in [4.78, 5) is 48.7. The highest BCUT2D eigenvalue weighted by molar-refractivity contribution is 8.02. The zero-order valence-electron chi connectivity index (χ0n) is 24.1. The number of hydrogen-bond donors (Lipinski definition) is 1. The van der Waals surface area contributed by atoms with E-state index < -0.39 is 28.7 Å². The van der Waals surface area contributed by atoms with Crippen LogP contribution in [0, 0.1) is 17.8 Å². The molecule has 3 aliphatic rings. The van der Waals surface area contributed by atoms with Crippen molar-refractivity contribution in [1.82, 2.24) is 4.90 Å². The highest BCUT2D eigenvalue weighted by Crippen LogP contribution is 2.69. The number of likely N-dealkylation sites (tertiary alicyclic amines) is 1. The van der Waals surface area contributed by atoms with Gasteiger partial charge in [0.1, 0.15) is 6.04 Å². The van der Waals surface area contributed by atoms with Crippen molar-refractivity contribution in [2.24, 2.45) is 17.8 Å². The van der Waals surface area contributed by atoms with E-state index in [1.165, 1.54) is 0 Å². The van der Waals surface area contributed by atoms with Crippen LogP contribution in [0.1, 0.15) is 26.7 Å². The molecule has 7 atom stereocenters. The Hall–Kier alpha value is -3.07. The third-order valence-electron chi connectivity index (χ3n) is 9.14. The molecule has 1 N–H and O–H groups in total.